The molecule has 0 aliphatic heterocycles. The molecule has 30 heavy (non-hydrogen) atoms. The van der Waals surface area contributed by atoms with Crippen molar-refractivity contribution in [3.05, 3.63) is 60.2 Å². The van der Waals surface area contributed by atoms with Gasteiger partial charge in [-0.05, 0) is 76.4 Å². The monoisotopic (exact) mass is 412 g/mol. The number of ether oxygens (including phenoxy) is 1. The zero-order valence-corrected chi connectivity index (χ0v) is 18.3. The molecular formula is C26H36O4. The second kappa shape index (κ2) is 13.2. The van der Waals surface area contributed by atoms with Gasteiger partial charge in [-0.3, -0.25) is 9.59 Å². The molecule has 0 radical (unpaired) electrons. The first-order chi connectivity index (χ1) is 14.5. The van der Waals surface area contributed by atoms with E-state index in [1.807, 2.05) is 38.1 Å². The molecule has 1 aromatic rings. The summed E-state index contributed by atoms with van der Waals surface area (Å²) < 4.78 is 5.12. The smallest absolute Gasteiger partial charge is 0.306 e. The maximum Gasteiger partial charge on any atom is 0.306 e. The molecule has 0 unspecified atom stereocenters. The molecule has 0 aromatic heterocycles. The first-order valence-corrected chi connectivity index (χ1v) is 11.2. The Kier molecular flexibility index (Phi) is 10.6. The van der Waals surface area contributed by atoms with E-state index in [-0.39, 0.29) is 35.8 Å². The number of allylic oxidation sites excluding steroid dienone is 4. The van der Waals surface area contributed by atoms with Crippen LogP contribution in [0.25, 0.3) is 0 Å². The van der Waals surface area contributed by atoms with Crippen molar-refractivity contribution in [2.75, 3.05) is 0 Å². The first-order valence-electron chi connectivity index (χ1n) is 11.2. The third-order valence-corrected chi connectivity index (χ3v) is 5.50. The summed E-state index contributed by atoms with van der Waals surface area (Å²) in [4.78, 5) is 23.7. The van der Waals surface area contributed by atoms with Gasteiger partial charge in [-0.25, -0.2) is 0 Å². The van der Waals surface area contributed by atoms with Gasteiger partial charge in [0.2, 0.25) is 0 Å². The van der Waals surface area contributed by atoms with Crippen LogP contribution in [-0.2, 0) is 20.7 Å². The quantitative estimate of drug-likeness (QED) is 0.275. The minimum atomic E-state index is -0.375. The van der Waals surface area contributed by atoms with Gasteiger partial charge < -0.3 is 9.84 Å². The number of aliphatic hydroxyl groups is 1. The number of esters is 1. The Hall–Kier alpha value is -2.20. The summed E-state index contributed by atoms with van der Waals surface area (Å²) in [6.45, 7) is 3.71. The third kappa shape index (κ3) is 9.08. The van der Waals surface area contributed by atoms with Crippen molar-refractivity contribution >= 4 is 11.8 Å². The lowest BCUT2D eigenvalue weighted by molar-refractivity contribution is -0.147. The van der Waals surface area contributed by atoms with Crippen molar-refractivity contribution in [2.45, 2.75) is 77.4 Å². The number of aryl methyl sites for hydroxylation is 1. The summed E-state index contributed by atoms with van der Waals surface area (Å²) in [6, 6.07) is 10.2. The predicted molar refractivity (Wildman–Crippen MR) is 120 cm³/mol. The number of carbonyl (C=O) groups excluding carboxylic acids is 2. The number of benzene rings is 1. The number of aliphatic hydroxyl groups excluding tert-OH is 1. The Morgan fingerprint density at radius 3 is 2.67 bits per heavy atom. The molecule has 1 aliphatic carbocycles. The maximum atomic E-state index is 12.2. The summed E-state index contributed by atoms with van der Waals surface area (Å²) in [5.74, 6) is 0.219. The van der Waals surface area contributed by atoms with Crippen molar-refractivity contribution in [3.63, 3.8) is 0 Å². The van der Waals surface area contributed by atoms with Crippen LogP contribution in [0.4, 0.5) is 0 Å². The van der Waals surface area contributed by atoms with Gasteiger partial charge in [-0.15, -0.1) is 0 Å². The van der Waals surface area contributed by atoms with Crippen molar-refractivity contribution in [1.82, 2.24) is 0 Å². The molecule has 1 aliphatic rings. The summed E-state index contributed by atoms with van der Waals surface area (Å²) >= 11 is 0. The Morgan fingerprint density at radius 2 is 1.93 bits per heavy atom. The highest BCUT2D eigenvalue weighted by Crippen LogP contribution is 2.30. The number of carbonyl (C=O) groups is 2. The lowest BCUT2D eigenvalue weighted by Gasteiger charge is -2.19. The highest BCUT2D eigenvalue weighted by atomic mass is 16.5. The zero-order valence-electron chi connectivity index (χ0n) is 18.3. The summed E-state index contributed by atoms with van der Waals surface area (Å²) in [6.07, 6.45) is 13.3. The summed E-state index contributed by atoms with van der Waals surface area (Å²) in [5, 5.41) is 10.3. The summed E-state index contributed by atoms with van der Waals surface area (Å²) in [7, 11) is 0. The van der Waals surface area contributed by atoms with E-state index in [0.717, 1.165) is 38.5 Å². The van der Waals surface area contributed by atoms with Crippen molar-refractivity contribution in [1.29, 1.82) is 0 Å². The van der Waals surface area contributed by atoms with Gasteiger partial charge in [0.15, 0.2) is 5.78 Å². The molecule has 0 bridgehead atoms. The number of ketones is 1. The molecular weight excluding hydrogens is 376 g/mol. The fraction of sp³-hybridized carbons (Fsp3) is 0.538. The SMILES string of the molecule is CC(C)OC(=O)CCC/C=C\C[C@H]1C=CC(=O)[C@@H]1CC[C@@H](O)CCc1ccccc1. The predicted octanol–water partition coefficient (Wildman–Crippen LogP) is 5.20. The van der Waals surface area contributed by atoms with Crippen LogP contribution in [0.3, 0.4) is 0 Å². The molecule has 2 rings (SSSR count). The average Bonchev–Trinajstić information content (AvgIpc) is 3.07. The van der Waals surface area contributed by atoms with Crippen LogP contribution < -0.4 is 0 Å². The third-order valence-electron chi connectivity index (χ3n) is 5.50. The lowest BCUT2D eigenvalue weighted by Crippen LogP contribution is -2.19. The molecule has 164 valence electrons. The number of hydrogen-bond acceptors (Lipinski definition) is 4. The molecule has 0 heterocycles. The van der Waals surface area contributed by atoms with Gasteiger partial charge in [0.05, 0.1) is 12.2 Å². The van der Waals surface area contributed by atoms with Gasteiger partial charge in [0, 0.05) is 12.3 Å². The Morgan fingerprint density at radius 1 is 1.17 bits per heavy atom. The Labute approximate surface area is 181 Å². The van der Waals surface area contributed by atoms with E-state index in [9.17, 15) is 14.7 Å². The van der Waals surface area contributed by atoms with Crippen LogP contribution in [0.1, 0.15) is 64.4 Å². The molecule has 0 fully saturated rings. The normalized spacial score (nSPS) is 19.7. The minimum Gasteiger partial charge on any atom is -0.463 e. The minimum absolute atomic E-state index is 0.0259. The van der Waals surface area contributed by atoms with Gasteiger partial charge in [0.25, 0.3) is 0 Å². The topological polar surface area (TPSA) is 63.6 Å². The Bertz CT molecular complexity index is 705. The van der Waals surface area contributed by atoms with Crippen LogP contribution in [0.2, 0.25) is 0 Å². The molecule has 1 aromatic carbocycles. The lowest BCUT2D eigenvalue weighted by atomic mass is 9.86. The number of rotatable bonds is 13. The first kappa shape index (κ1) is 24.1. The van der Waals surface area contributed by atoms with E-state index in [2.05, 4.69) is 24.3 Å². The molecule has 0 amide bonds. The molecule has 4 heteroatoms. The van der Waals surface area contributed by atoms with Gasteiger partial charge in [-0.2, -0.15) is 0 Å². The van der Waals surface area contributed by atoms with E-state index in [4.69, 9.17) is 4.74 Å². The molecule has 0 saturated carbocycles. The van der Waals surface area contributed by atoms with Crippen LogP contribution in [0, 0.1) is 11.8 Å². The summed E-state index contributed by atoms with van der Waals surface area (Å²) in [5.41, 5.74) is 1.23. The van der Waals surface area contributed by atoms with Crippen LogP contribution in [0.5, 0.6) is 0 Å². The standard InChI is InChI=1S/C26H36O4/c1-20(2)30-26(29)13-9-4-3-8-12-22-15-19-25(28)24(22)18-17-23(27)16-14-21-10-6-5-7-11-21/h3,5-8,10-11,15,19-20,22-24,27H,4,9,12-14,16-18H2,1-2H3/b8-3-/t22-,23-,24+/m0/s1. The Balaban J connectivity index is 1.65. The van der Waals surface area contributed by atoms with Gasteiger partial charge >= 0.3 is 5.97 Å². The largest absolute Gasteiger partial charge is 0.463 e. The maximum absolute atomic E-state index is 12.2. The van der Waals surface area contributed by atoms with Crippen LogP contribution >= 0.6 is 0 Å². The molecule has 4 nitrogen and oxygen atoms in total. The van der Waals surface area contributed by atoms with Gasteiger partial charge in [-0.1, -0.05) is 48.6 Å². The van der Waals surface area contributed by atoms with E-state index < -0.39 is 0 Å². The molecule has 0 spiro atoms. The van der Waals surface area contributed by atoms with Crippen LogP contribution in [0.15, 0.2) is 54.6 Å². The fourth-order valence-corrected chi connectivity index (χ4v) is 3.84. The van der Waals surface area contributed by atoms with Crippen LogP contribution in [-0.4, -0.2) is 29.1 Å². The average molecular weight is 413 g/mol. The second-order valence-corrected chi connectivity index (χ2v) is 8.43. The van der Waals surface area contributed by atoms with Crippen molar-refractivity contribution < 1.29 is 19.4 Å². The second-order valence-electron chi connectivity index (χ2n) is 8.43. The van der Waals surface area contributed by atoms with E-state index in [1.165, 1.54) is 5.56 Å². The van der Waals surface area contributed by atoms with Crippen molar-refractivity contribution in [3.8, 4) is 0 Å². The highest BCUT2D eigenvalue weighted by molar-refractivity contribution is 5.94. The fourth-order valence-electron chi connectivity index (χ4n) is 3.84. The van der Waals surface area contributed by atoms with E-state index in [1.54, 1.807) is 6.08 Å². The van der Waals surface area contributed by atoms with E-state index in [0.29, 0.717) is 12.8 Å². The zero-order chi connectivity index (χ0) is 21.8. The molecule has 0 saturated heterocycles. The van der Waals surface area contributed by atoms with Crippen molar-refractivity contribution in [2.24, 2.45) is 11.8 Å². The molecule has 1 N–H and O–H groups in total. The van der Waals surface area contributed by atoms with E-state index >= 15 is 0 Å². The van der Waals surface area contributed by atoms with Gasteiger partial charge in [0.1, 0.15) is 0 Å². The molecule has 3 atom stereocenters. The highest BCUT2D eigenvalue weighted by Gasteiger charge is 2.29. The number of hydrogen-bond donors (Lipinski definition) is 1. The number of unbranched alkanes of at least 4 members (excludes halogenated alkanes) is 1.